The molecule has 1 aromatic rings. The number of amides is 1. The first-order chi connectivity index (χ1) is 12.9. The minimum atomic E-state index is -3.59. The molecule has 0 spiro atoms. The van der Waals surface area contributed by atoms with Crippen LogP contribution in [0.25, 0.3) is 0 Å². The van der Waals surface area contributed by atoms with Crippen molar-refractivity contribution in [3.8, 4) is 0 Å². The van der Waals surface area contributed by atoms with E-state index in [9.17, 15) is 18.0 Å². The molecule has 1 aliphatic heterocycles. The molecular weight excluding hydrogens is 370 g/mol. The standard InChI is InChI=1S/C18H25N3O5S/c1-3-5-12-21(4-2)16(22)13-26-17(23)10-11-19-18-14-8-6-7-9-15(14)27(24,25)20-18/h6-9H,3-5,10-13H2,1-2H3,(H,19,20). The Balaban J connectivity index is 1.83. The van der Waals surface area contributed by atoms with Gasteiger partial charge in [0.25, 0.3) is 15.9 Å². The van der Waals surface area contributed by atoms with E-state index in [0.29, 0.717) is 18.7 Å². The molecule has 0 saturated carbocycles. The molecule has 0 bridgehead atoms. The van der Waals surface area contributed by atoms with Crippen LogP contribution in [0, 0.1) is 0 Å². The Morgan fingerprint density at radius 2 is 1.96 bits per heavy atom. The summed E-state index contributed by atoms with van der Waals surface area (Å²) in [6.07, 6.45) is 1.85. The summed E-state index contributed by atoms with van der Waals surface area (Å²) in [5, 5.41) is 0. The van der Waals surface area contributed by atoms with Crippen molar-refractivity contribution >= 4 is 27.7 Å². The molecule has 1 amide bonds. The smallest absolute Gasteiger partial charge is 0.308 e. The number of carbonyl (C=O) groups excluding carboxylic acids is 2. The number of esters is 1. The zero-order valence-electron chi connectivity index (χ0n) is 15.6. The van der Waals surface area contributed by atoms with Gasteiger partial charge in [0.2, 0.25) is 0 Å². The number of rotatable bonds is 9. The molecule has 2 rings (SSSR count). The summed E-state index contributed by atoms with van der Waals surface area (Å²) < 4.78 is 31.3. The Labute approximate surface area is 159 Å². The van der Waals surface area contributed by atoms with Crippen LogP contribution >= 0.6 is 0 Å². The maximum Gasteiger partial charge on any atom is 0.308 e. The maximum absolute atomic E-state index is 12.0. The summed E-state index contributed by atoms with van der Waals surface area (Å²) in [7, 11) is -3.59. The van der Waals surface area contributed by atoms with Crippen molar-refractivity contribution < 1.29 is 22.7 Å². The normalized spacial score (nSPS) is 15.9. The average molecular weight is 395 g/mol. The van der Waals surface area contributed by atoms with Gasteiger partial charge in [-0.2, -0.15) is 0 Å². The second kappa shape index (κ2) is 9.50. The number of likely N-dealkylation sites (N-methyl/N-ethyl adjacent to an activating group) is 1. The number of hydrogen-bond acceptors (Lipinski definition) is 6. The molecule has 0 atom stereocenters. The first-order valence-electron chi connectivity index (χ1n) is 8.99. The summed E-state index contributed by atoms with van der Waals surface area (Å²) in [6.45, 7) is 4.92. The summed E-state index contributed by atoms with van der Waals surface area (Å²) in [6, 6.07) is 6.50. The van der Waals surface area contributed by atoms with Gasteiger partial charge in [-0.15, -0.1) is 0 Å². The molecule has 8 nitrogen and oxygen atoms in total. The highest BCUT2D eigenvalue weighted by atomic mass is 32.2. The molecule has 0 unspecified atom stereocenters. The number of sulfonamides is 1. The number of unbranched alkanes of at least 4 members (excludes halogenated alkanes) is 1. The molecule has 9 heteroatoms. The number of benzene rings is 1. The van der Waals surface area contributed by atoms with Gasteiger partial charge in [-0.1, -0.05) is 25.5 Å². The molecule has 27 heavy (non-hydrogen) atoms. The van der Waals surface area contributed by atoms with Crippen LogP contribution in [-0.4, -0.2) is 57.3 Å². The van der Waals surface area contributed by atoms with Crippen molar-refractivity contribution in [2.75, 3.05) is 26.2 Å². The van der Waals surface area contributed by atoms with E-state index in [-0.39, 0.29) is 36.2 Å². The second-order valence-corrected chi connectivity index (χ2v) is 7.72. The Bertz CT molecular complexity index is 820. The Kier molecular flexibility index (Phi) is 7.35. The molecule has 0 radical (unpaired) electrons. The predicted molar refractivity (Wildman–Crippen MR) is 101 cm³/mol. The largest absolute Gasteiger partial charge is 0.456 e. The number of carbonyl (C=O) groups is 2. The van der Waals surface area contributed by atoms with Gasteiger partial charge in [0, 0.05) is 18.7 Å². The van der Waals surface area contributed by atoms with E-state index in [1.165, 1.54) is 6.07 Å². The third-order valence-electron chi connectivity index (χ3n) is 4.12. The first-order valence-corrected chi connectivity index (χ1v) is 10.5. The third-order valence-corrected chi connectivity index (χ3v) is 5.52. The van der Waals surface area contributed by atoms with Gasteiger partial charge in [-0.05, 0) is 25.5 Å². The van der Waals surface area contributed by atoms with E-state index in [0.717, 1.165) is 12.8 Å². The van der Waals surface area contributed by atoms with Crippen LogP contribution in [-0.2, 0) is 24.3 Å². The van der Waals surface area contributed by atoms with Crippen LogP contribution in [0.5, 0.6) is 0 Å². The van der Waals surface area contributed by atoms with E-state index in [1.807, 2.05) is 13.8 Å². The Hall–Kier alpha value is -2.42. The van der Waals surface area contributed by atoms with Crippen LogP contribution < -0.4 is 4.72 Å². The summed E-state index contributed by atoms with van der Waals surface area (Å²) >= 11 is 0. The molecule has 1 N–H and O–H groups in total. The Morgan fingerprint density at radius 3 is 2.67 bits per heavy atom. The predicted octanol–water partition coefficient (Wildman–Crippen LogP) is 1.31. The van der Waals surface area contributed by atoms with Gasteiger partial charge in [-0.25, -0.2) is 8.42 Å². The quantitative estimate of drug-likeness (QED) is 0.635. The van der Waals surface area contributed by atoms with Crippen molar-refractivity contribution in [2.45, 2.75) is 38.0 Å². The molecule has 1 aromatic carbocycles. The highest BCUT2D eigenvalue weighted by Crippen LogP contribution is 2.22. The molecular formula is C18H25N3O5S. The van der Waals surface area contributed by atoms with Crippen LogP contribution in [0.2, 0.25) is 0 Å². The zero-order chi connectivity index (χ0) is 19.9. The minimum absolute atomic E-state index is 0.0399. The van der Waals surface area contributed by atoms with Gasteiger partial charge in [0.05, 0.1) is 17.9 Å². The fourth-order valence-electron chi connectivity index (χ4n) is 2.62. The van der Waals surface area contributed by atoms with Crippen molar-refractivity contribution in [3.63, 3.8) is 0 Å². The summed E-state index contributed by atoms with van der Waals surface area (Å²) in [5.74, 6) is -0.553. The number of aliphatic imine (C=N–C) groups is 1. The number of fused-ring (bicyclic) bond motifs is 1. The second-order valence-electron chi connectivity index (χ2n) is 6.07. The molecule has 1 aliphatic rings. The van der Waals surface area contributed by atoms with E-state index in [4.69, 9.17) is 4.74 Å². The van der Waals surface area contributed by atoms with Crippen molar-refractivity contribution in [1.82, 2.24) is 9.62 Å². The average Bonchev–Trinajstić information content (AvgIpc) is 2.91. The molecule has 0 aliphatic carbocycles. The van der Waals surface area contributed by atoms with Crippen LogP contribution in [0.15, 0.2) is 34.2 Å². The fraction of sp³-hybridized carbons (Fsp3) is 0.500. The topological polar surface area (TPSA) is 105 Å². The summed E-state index contributed by atoms with van der Waals surface area (Å²) in [4.78, 5) is 29.8. The van der Waals surface area contributed by atoms with Crippen LogP contribution in [0.4, 0.5) is 0 Å². The number of ether oxygens (including phenoxy) is 1. The minimum Gasteiger partial charge on any atom is -0.456 e. The van der Waals surface area contributed by atoms with Gasteiger partial charge in [0.15, 0.2) is 6.61 Å². The first kappa shape index (κ1) is 20.9. The maximum atomic E-state index is 12.0. The van der Waals surface area contributed by atoms with E-state index in [2.05, 4.69) is 9.71 Å². The number of nitrogens with zero attached hydrogens (tertiary/aromatic N) is 2. The van der Waals surface area contributed by atoms with E-state index < -0.39 is 16.0 Å². The summed E-state index contributed by atoms with van der Waals surface area (Å²) in [5.41, 5.74) is 0.482. The van der Waals surface area contributed by atoms with Crippen molar-refractivity contribution in [1.29, 1.82) is 0 Å². The lowest BCUT2D eigenvalue weighted by Gasteiger charge is -2.20. The highest BCUT2D eigenvalue weighted by molar-refractivity contribution is 7.90. The lowest BCUT2D eigenvalue weighted by Crippen LogP contribution is -2.35. The van der Waals surface area contributed by atoms with Gasteiger partial charge in [0.1, 0.15) is 5.84 Å². The molecule has 1 heterocycles. The van der Waals surface area contributed by atoms with Crippen molar-refractivity contribution in [2.24, 2.45) is 4.99 Å². The third kappa shape index (κ3) is 5.53. The van der Waals surface area contributed by atoms with Crippen LogP contribution in [0.1, 0.15) is 38.7 Å². The molecule has 0 fully saturated rings. The monoisotopic (exact) mass is 395 g/mol. The van der Waals surface area contributed by atoms with Gasteiger partial charge >= 0.3 is 5.97 Å². The SMILES string of the molecule is CCCCN(CC)C(=O)COC(=O)CCN=C1NS(=O)(=O)c2ccccc21. The fourth-order valence-corrected chi connectivity index (χ4v) is 3.88. The zero-order valence-corrected chi connectivity index (χ0v) is 16.4. The van der Waals surface area contributed by atoms with Gasteiger partial charge < -0.3 is 9.64 Å². The number of hydrogen-bond donors (Lipinski definition) is 1. The van der Waals surface area contributed by atoms with Crippen LogP contribution in [0.3, 0.4) is 0 Å². The van der Waals surface area contributed by atoms with Gasteiger partial charge in [-0.3, -0.25) is 19.3 Å². The number of nitrogens with one attached hydrogen (secondary N) is 1. The molecule has 0 saturated heterocycles. The lowest BCUT2D eigenvalue weighted by atomic mass is 10.2. The number of amidine groups is 1. The lowest BCUT2D eigenvalue weighted by molar-refractivity contribution is -0.151. The molecule has 148 valence electrons. The van der Waals surface area contributed by atoms with E-state index in [1.54, 1.807) is 23.1 Å². The molecule has 0 aromatic heterocycles. The Morgan fingerprint density at radius 1 is 1.22 bits per heavy atom. The van der Waals surface area contributed by atoms with Crippen molar-refractivity contribution in [3.05, 3.63) is 29.8 Å². The highest BCUT2D eigenvalue weighted by Gasteiger charge is 2.29. The van der Waals surface area contributed by atoms with E-state index >= 15 is 0 Å².